The molecule has 1 saturated heterocycles. The average molecular weight is 742 g/mol. The predicted molar refractivity (Wildman–Crippen MR) is 199 cm³/mol. The third kappa shape index (κ3) is 12.2. The molecule has 14 nitrogen and oxygen atoms in total. The van der Waals surface area contributed by atoms with Gasteiger partial charge in [0, 0.05) is 54.4 Å². The second kappa shape index (κ2) is 20.0. The number of nitrogens with two attached hydrogens (primary N) is 1. The fourth-order valence-corrected chi connectivity index (χ4v) is 7.51. The summed E-state index contributed by atoms with van der Waals surface area (Å²) in [6.07, 6.45) is 2.01. The zero-order valence-electron chi connectivity index (χ0n) is 28.5. The molecule has 2 heterocycles. The van der Waals surface area contributed by atoms with E-state index in [0.29, 0.717) is 36.5 Å². The standard InChI is InChI=1S/C35H47N7O7S2/c1-21(43)31-35(49)37-15-17-51-50-16-13-30(45)39-28(18-22-9-11-24(44)12-10-22)33(47)41-29(19-23-20-38-26-7-3-2-6-25(23)26)34(48)40-27(32(46)42-31)8-4-5-14-36/h2-3,6-7,9-12,20-21,27-29,31,38,43-44H,4-5,8,13-19,36H2,1H3,(H,37,49)(H,39,45)(H,40,48)(H,41,47)(H,42,46)/t21-,27+,28+,29-,31+/m1/s1. The molecule has 51 heavy (non-hydrogen) atoms. The number of benzene rings is 2. The zero-order valence-corrected chi connectivity index (χ0v) is 30.1. The molecule has 276 valence electrons. The van der Waals surface area contributed by atoms with E-state index in [1.165, 1.54) is 40.6 Å². The Morgan fingerprint density at radius 1 is 0.804 bits per heavy atom. The molecule has 1 aliphatic heterocycles. The van der Waals surface area contributed by atoms with Crippen LogP contribution in [0, 0.1) is 0 Å². The second-order valence-electron chi connectivity index (χ2n) is 12.4. The Morgan fingerprint density at radius 2 is 1.47 bits per heavy atom. The Balaban J connectivity index is 1.68. The van der Waals surface area contributed by atoms with E-state index in [4.69, 9.17) is 5.73 Å². The minimum atomic E-state index is -1.28. The first kappa shape index (κ1) is 39.5. The van der Waals surface area contributed by atoms with Crippen LogP contribution in [0.4, 0.5) is 0 Å². The van der Waals surface area contributed by atoms with Crippen molar-refractivity contribution in [1.29, 1.82) is 0 Å². The largest absolute Gasteiger partial charge is 0.508 e. The lowest BCUT2D eigenvalue weighted by molar-refractivity contribution is -0.135. The first-order valence-corrected chi connectivity index (χ1v) is 19.5. The maximum absolute atomic E-state index is 14.1. The number of fused-ring (bicyclic) bond motifs is 1. The van der Waals surface area contributed by atoms with Gasteiger partial charge < -0.3 is 47.5 Å². The van der Waals surface area contributed by atoms with Crippen molar-refractivity contribution in [2.45, 2.75) is 75.7 Å². The lowest BCUT2D eigenvalue weighted by atomic mass is 10.0. The van der Waals surface area contributed by atoms with Crippen LogP contribution in [0.1, 0.15) is 43.7 Å². The molecule has 1 aliphatic rings. The van der Waals surface area contributed by atoms with Gasteiger partial charge in [-0.2, -0.15) is 0 Å². The molecule has 0 aliphatic carbocycles. The number of rotatable bonds is 9. The number of carbonyl (C=O) groups is 5. The van der Waals surface area contributed by atoms with Crippen LogP contribution >= 0.6 is 21.6 Å². The van der Waals surface area contributed by atoms with E-state index in [0.717, 1.165) is 16.5 Å². The normalized spacial score (nSPS) is 22.6. The molecule has 16 heteroatoms. The summed E-state index contributed by atoms with van der Waals surface area (Å²) in [5.74, 6) is -1.89. The topological polar surface area (TPSA) is 228 Å². The summed E-state index contributed by atoms with van der Waals surface area (Å²) >= 11 is 0. The van der Waals surface area contributed by atoms with Crippen molar-refractivity contribution >= 4 is 62.0 Å². The summed E-state index contributed by atoms with van der Waals surface area (Å²) in [4.78, 5) is 71.1. The highest BCUT2D eigenvalue weighted by Gasteiger charge is 2.33. The van der Waals surface area contributed by atoms with Crippen molar-refractivity contribution in [1.82, 2.24) is 31.6 Å². The van der Waals surface area contributed by atoms with Crippen molar-refractivity contribution in [3.63, 3.8) is 0 Å². The molecule has 1 aromatic heterocycles. The van der Waals surface area contributed by atoms with E-state index in [2.05, 4.69) is 31.6 Å². The first-order chi connectivity index (χ1) is 24.5. The molecule has 0 unspecified atom stereocenters. The van der Waals surface area contributed by atoms with Gasteiger partial charge in [0.15, 0.2) is 0 Å². The van der Waals surface area contributed by atoms with E-state index in [9.17, 15) is 34.2 Å². The van der Waals surface area contributed by atoms with Gasteiger partial charge in [-0.05, 0) is 62.1 Å². The Hall–Kier alpha value is -4.25. The maximum atomic E-state index is 14.1. The van der Waals surface area contributed by atoms with Crippen molar-refractivity contribution in [2.75, 3.05) is 24.6 Å². The molecule has 1 fully saturated rings. The number of para-hydroxylation sites is 1. The summed E-state index contributed by atoms with van der Waals surface area (Å²) in [5, 5.41) is 34.8. The van der Waals surface area contributed by atoms with Crippen molar-refractivity contribution in [2.24, 2.45) is 5.73 Å². The third-order valence-corrected chi connectivity index (χ3v) is 10.8. The number of aliphatic hydroxyl groups is 1. The van der Waals surface area contributed by atoms with Crippen molar-refractivity contribution in [3.05, 3.63) is 65.9 Å². The highest BCUT2D eigenvalue weighted by Crippen LogP contribution is 2.22. The molecule has 5 atom stereocenters. The smallest absolute Gasteiger partial charge is 0.245 e. The molecule has 0 saturated carbocycles. The van der Waals surface area contributed by atoms with E-state index >= 15 is 0 Å². The Bertz CT molecular complexity index is 1640. The van der Waals surface area contributed by atoms with Crippen LogP contribution in [0.5, 0.6) is 5.75 Å². The number of phenolic OH excluding ortho intramolecular Hbond substituents is 1. The van der Waals surface area contributed by atoms with Crippen LogP contribution < -0.4 is 32.3 Å². The minimum absolute atomic E-state index is 0.0468. The highest BCUT2D eigenvalue weighted by molar-refractivity contribution is 8.76. The van der Waals surface area contributed by atoms with E-state index in [-0.39, 0.29) is 43.9 Å². The van der Waals surface area contributed by atoms with Gasteiger partial charge in [-0.15, -0.1) is 0 Å². The van der Waals surface area contributed by atoms with Gasteiger partial charge in [0.25, 0.3) is 0 Å². The number of hydrogen-bond donors (Lipinski definition) is 9. The third-order valence-electron chi connectivity index (χ3n) is 8.38. The highest BCUT2D eigenvalue weighted by atomic mass is 33.1. The Kier molecular flexibility index (Phi) is 15.5. The maximum Gasteiger partial charge on any atom is 0.245 e. The summed E-state index contributed by atoms with van der Waals surface area (Å²) in [6, 6.07) is 9.14. The number of hydrogen-bond acceptors (Lipinski definition) is 10. The number of aromatic nitrogens is 1. The van der Waals surface area contributed by atoms with Crippen molar-refractivity contribution < 1.29 is 34.2 Å². The monoisotopic (exact) mass is 741 g/mol. The summed E-state index contributed by atoms with van der Waals surface area (Å²) < 4.78 is 0. The number of nitrogens with one attached hydrogen (secondary N) is 6. The molecular formula is C35H47N7O7S2. The first-order valence-electron chi connectivity index (χ1n) is 17.0. The average Bonchev–Trinajstić information content (AvgIpc) is 3.51. The number of phenols is 1. The summed E-state index contributed by atoms with van der Waals surface area (Å²) in [5.41, 5.74) is 7.96. The van der Waals surface area contributed by atoms with E-state index in [1.807, 2.05) is 24.3 Å². The van der Waals surface area contributed by atoms with Gasteiger partial charge in [-0.25, -0.2) is 0 Å². The number of carbonyl (C=O) groups excluding carboxylic acids is 5. The van der Waals surface area contributed by atoms with Crippen LogP contribution in [0.2, 0.25) is 0 Å². The van der Waals surface area contributed by atoms with Crippen LogP contribution in [0.25, 0.3) is 10.9 Å². The van der Waals surface area contributed by atoms with Crippen LogP contribution in [0.3, 0.4) is 0 Å². The molecule has 0 radical (unpaired) electrons. The van der Waals surface area contributed by atoms with Gasteiger partial charge in [0.2, 0.25) is 29.5 Å². The second-order valence-corrected chi connectivity index (χ2v) is 15.1. The molecule has 0 bridgehead atoms. The molecule has 10 N–H and O–H groups in total. The summed E-state index contributed by atoms with van der Waals surface area (Å²) in [6.45, 7) is 2.01. The Morgan fingerprint density at radius 3 is 2.20 bits per heavy atom. The predicted octanol–water partition coefficient (Wildman–Crippen LogP) is 1.01. The van der Waals surface area contributed by atoms with E-state index in [1.54, 1.807) is 18.3 Å². The van der Waals surface area contributed by atoms with Gasteiger partial charge in [0.1, 0.15) is 29.9 Å². The van der Waals surface area contributed by atoms with E-state index < -0.39 is 53.9 Å². The lowest BCUT2D eigenvalue weighted by Crippen LogP contribution is -2.60. The molecule has 5 amide bonds. The number of aliphatic hydroxyl groups excluding tert-OH is 1. The molecule has 3 aromatic rings. The van der Waals surface area contributed by atoms with Crippen LogP contribution in [-0.4, -0.2) is 99.6 Å². The SMILES string of the molecule is C[C@@H](O)[C@@H]1NC(=O)[C@H](CCCCN)NC(=O)[C@@H](Cc2c[nH]c3ccccc23)NC(=O)[C@H](Cc2ccc(O)cc2)NC(=O)CCSSCCNC1=O. The number of H-pyrrole nitrogens is 1. The van der Waals surface area contributed by atoms with Gasteiger partial charge in [0.05, 0.1) is 6.10 Å². The number of aromatic amines is 1. The quantitative estimate of drug-likeness (QED) is 0.112. The lowest BCUT2D eigenvalue weighted by Gasteiger charge is -2.27. The minimum Gasteiger partial charge on any atom is -0.508 e. The Labute approximate surface area is 304 Å². The van der Waals surface area contributed by atoms with Crippen molar-refractivity contribution in [3.8, 4) is 5.75 Å². The number of amides is 5. The van der Waals surface area contributed by atoms with Gasteiger partial charge in [-0.1, -0.05) is 51.9 Å². The molecular weight excluding hydrogens is 695 g/mol. The zero-order chi connectivity index (χ0) is 36.8. The molecule has 2 aromatic carbocycles. The fourth-order valence-electron chi connectivity index (χ4n) is 5.62. The number of aromatic hydroxyl groups is 1. The summed E-state index contributed by atoms with van der Waals surface area (Å²) in [7, 11) is 2.87. The fraction of sp³-hybridized carbons (Fsp3) is 0.457. The van der Waals surface area contributed by atoms with Gasteiger partial charge in [-0.3, -0.25) is 24.0 Å². The van der Waals surface area contributed by atoms with Crippen LogP contribution in [0.15, 0.2) is 54.7 Å². The number of unbranched alkanes of at least 4 members (excludes halogenated alkanes) is 1. The molecule has 0 spiro atoms. The van der Waals surface area contributed by atoms with Gasteiger partial charge >= 0.3 is 0 Å². The molecule has 4 rings (SSSR count). The van der Waals surface area contributed by atoms with Crippen LogP contribution in [-0.2, 0) is 36.8 Å².